The van der Waals surface area contributed by atoms with Crippen LogP contribution in [0.4, 0.5) is 0 Å². The topological polar surface area (TPSA) is 49.4 Å². The van der Waals surface area contributed by atoms with Crippen molar-refractivity contribution in [2.75, 3.05) is 19.3 Å². The fourth-order valence-corrected chi connectivity index (χ4v) is 3.96. The van der Waals surface area contributed by atoms with E-state index in [1.807, 2.05) is 0 Å². The second-order valence-corrected chi connectivity index (χ2v) is 7.73. The van der Waals surface area contributed by atoms with Crippen LogP contribution in [0.1, 0.15) is 52.4 Å². The number of hydrogen-bond donors (Lipinski definition) is 1. The van der Waals surface area contributed by atoms with Crippen molar-refractivity contribution in [3.8, 4) is 0 Å². The quantitative estimate of drug-likeness (QED) is 0.690. The molecule has 0 aromatic rings. The van der Waals surface area contributed by atoms with E-state index in [1.165, 1.54) is 12.8 Å². The van der Waals surface area contributed by atoms with E-state index in [-0.39, 0.29) is 6.04 Å². The smallest absolute Gasteiger partial charge is 0.214 e. The highest BCUT2D eigenvalue weighted by atomic mass is 32.2. The minimum absolute atomic E-state index is 0.254. The molecular weight excluding hydrogens is 248 g/mol. The van der Waals surface area contributed by atoms with E-state index in [9.17, 15) is 8.42 Å². The predicted molar refractivity (Wildman–Crippen MR) is 76.2 cm³/mol. The minimum atomic E-state index is -3.04. The van der Waals surface area contributed by atoms with Crippen molar-refractivity contribution < 1.29 is 8.42 Å². The van der Waals surface area contributed by atoms with Crippen LogP contribution in [0.5, 0.6) is 0 Å². The minimum Gasteiger partial charge on any atom is -0.315 e. The summed E-state index contributed by atoms with van der Waals surface area (Å²) in [5, 5.41) is 3.31. The van der Waals surface area contributed by atoms with E-state index in [2.05, 4.69) is 19.2 Å². The highest BCUT2D eigenvalue weighted by molar-refractivity contribution is 7.89. The van der Waals surface area contributed by atoms with E-state index in [1.54, 1.807) is 11.4 Å². The van der Waals surface area contributed by atoms with Gasteiger partial charge in [0.25, 0.3) is 0 Å². The van der Waals surface area contributed by atoms with Crippen LogP contribution >= 0.6 is 0 Å². The zero-order valence-corrected chi connectivity index (χ0v) is 12.8. The third-order valence-corrected chi connectivity index (χ3v) is 5.64. The Morgan fingerprint density at radius 3 is 2.39 bits per heavy atom. The molecule has 0 radical (unpaired) electrons. The van der Waals surface area contributed by atoms with Crippen LogP contribution in [-0.4, -0.2) is 44.2 Å². The molecule has 0 aromatic carbocycles. The summed E-state index contributed by atoms with van der Waals surface area (Å²) >= 11 is 0. The van der Waals surface area contributed by atoms with Gasteiger partial charge in [0.2, 0.25) is 10.0 Å². The first kappa shape index (κ1) is 15.9. The Hall–Kier alpha value is -0.130. The number of unbranched alkanes of at least 4 members (excludes halogenated alkanes) is 1. The summed E-state index contributed by atoms with van der Waals surface area (Å²) in [6.45, 7) is 5.11. The van der Waals surface area contributed by atoms with Crippen LogP contribution in [0.25, 0.3) is 0 Å². The molecule has 1 fully saturated rings. The number of nitrogens with zero attached hydrogens (tertiary/aromatic N) is 1. The fourth-order valence-electron chi connectivity index (χ4n) is 2.44. The molecule has 0 aliphatic heterocycles. The van der Waals surface area contributed by atoms with E-state index in [4.69, 9.17) is 0 Å². The molecule has 0 atom stereocenters. The summed E-state index contributed by atoms with van der Waals surface area (Å²) in [5.74, 6) is 0.291. The second-order valence-electron chi connectivity index (χ2n) is 5.59. The van der Waals surface area contributed by atoms with Crippen molar-refractivity contribution in [3.05, 3.63) is 0 Å². The van der Waals surface area contributed by atoms with Gasteiger partial charge in [-0.2, -0.15) is 0 Å². The van der Waals surface area contributed by atoms with E-state index >= 15 is 0 Å². The highest BCUT2D eigenvalue weighted by Gasteiger charge is 2.27. The molecular formula is C13H28N2O2S. The van der Waals surface area contributed by atoms with Gasteiger partial charge in [0.05, 0.1) is 5.75 Å². The summed E-state index contributed by atoms with van der Waals surface area (Å²) in [4.78, 5) is 0. The van der Waals surface area contributed by atoms with Gasteiger partial charge in [0.1, 0.15) is 0 Å². The zero-order chi connectivity index (χ0) is 13.6. The average Bonchev–Trinajstić information content (AvgIpc) is 2.80. The van der Waals surface area contributed by atoms with Crippen molar-refractivity contribution in [3.63, 3.8) is 0 Å². The third kappa shape index (κ3) is 5.24. The lowest BCUT2D eigenvalue weighted by Crippen LogP contribution is -2.37. The molecule has 1 saturated carbocycles. The number of rotatable bonds is 8. The van der Waals surface area contributed by atoms with Gasteiger partial charge in [0.15, 0.2) is 0 Å². The van der Waals surface area contributed by atoms with Gasteiger partial charge in [-0.3, -0.25) is 0 Å². The van der Waals surface area contributed by atoms with Crippen LogP contribution in [0.2, 0.25) is 0 Å². The molecule has 1 aliphatic carbocycles. The molecule has 1 N–H and O–H groups in total. The molecule has 0 aromatic heterocycles. The van der Waals surface area contributed by atoms with Crippen LogP contribution < -0.4 is 5.32 Å². The monoisotopic (exact) mass is 276 g/mol. The van der Waals surface area contributed by atoms with Crippen LogP contribution in [0.15, 0.2) is 0 Å². The normalized spacial score (nSPS) is 18.1. The second kappa shape index (κ2) is 7.46. The number of nitrogens with one attached hydrogen (secondary N) is 1. The highest BCUT2D eigenvalue weighted by Crippen LogP contribution is 2.24. The predicted octanol–water partition coefficient (Wildman–Crippen LogP) is 1.97. The molecule has 0 unspecified atom stereocenters. The molecule has 0 spiro atoms. The Labute approximate surface area is 112 Å². The maximum absolute atomic E-state index is 12.1. The summed E-state index contributed by atoms with van der Waals surface area (Å²) in [7, 11) is -1.29. The molecule has 0 bridgehead atoms. The Bertz CT molecular complexity index is 322. The molecule has 1 rings (SSSR count). The van der Waals surface area contributed by atoms with Crippen molar-refractivity contribution in [2.24, 2.45) is 0 Å². The van der Waals surface area contributed by atoms with Gasteiger partial charge in [-0.05, 0) is 32.2 Å². The van der Waals surface area contributed by atoms with Gasteiger partial charge in [-0.1, -0.05) is 26.7 Å². The lowest BCUT2D eigenvalue weighted by Gasteiger charge is -2.23. The van der Waals surface area contributed by atoms with Crippen molar-refractivity contribution >= 4 is 10.0 Å². The third-order valence-electron chi connectivity index (χ3n) is 3.66. The van der Waals surface area contributed by atoms with E-state index in [0.29, 0.717) is 11.8 Å². The maximum atomic E-state index is 12.1. The average molecular weight is 276 g/mol. The SMILES string of the molecule is CC(C)NCCCCS(=O)(=O)N(C)C1CCCC1. The van der Waals surface area contributed by atoms with Gasteiger partial charge in [-0.25, -0.2) is 12.7 Å². The van der Waals surface area contributed by atoms with E-state index < -0.39 is 10.0 Å². The summed E-state index contributed by atoms with van der Waals surface area (Å²) in [6, 6.07) is 0.728. The molecule has 0 heterocycles. The molecule has 4 nitrogen and oxygen atoms in total. The van der Waals surface area contributed by atoms with Gasteiger partial charge in [0, 0.05) is 19.1 Å². The Morgan fingerprint density at radius 2 is 1.83 bits per heavy atom. The summed E-state index contributed by atoms with van der Waals surface area (Å²) in [5.41, 5.74) is 0. The standard InChI is InChI=1S/C13H28N2O2S/c1-12(2)14-10-6-7-11-18(16,17)15(3)13-8-4-5-9-13/h12-14H,4-11H2,1-3H3. The first-order valence-corrected chi connectivity index (χ1v) is 8.73. The molecule has 5 heteroatoms. The molecule has 18 heavy (non-hydrogen) atoms. The number of hydrogen-bond acceptors (Lipinski definition) is 3. The molecule has 0 amide bonds. The molecule has 1 aliphatic rings. The first-order chi connectivity index (χ1) is 8.43. The van der Waals surface area contributed by atoms with Crippen molar-refractivity contribution in [1.82, 2.24) is 9.62 Å². The Kier molecular flexibility index (Phi) is 6.60. The molecule has 108 valence electrons. The van der Waals surface area contributed by atoms with Crippen LogP contribution in [0.3, 0.4) is 0 Å². The fraction of sp³-hybridized carbons (Fsp3) is 1.00. The lowest BCUT2D eigenvalue weighted by atomic mass is 10.3. The van der Waals surface area contributed by atoms with E-state index in [0.717, 1.165) is 32.2 Å². The summed E-state index contributed by atoms with van der Waals surface area (Å²) < 4.78 is 25.9. The maximum Gasteiger partial charge on any atom is 0.214 e. The van der Waals surface area contributed by atoms with Gasteiger partial charge in [-0.15, -0.1) is 0 Å². The number of sulfonamides is 1. The van der Waals surface area contributed by atoms with Gasteiger partial charge < -0.3 is 5.32 Å². The van der Waals surface area contributed by atoms with Crippen LogP contribution in [-0.2, 0) is 10.0 Å². The van der Waals surface area contributed by atoms with Crippen molar-refractivity contribution in [1.29, 1.82) is 0 Å². The van der Waals surface area contributed by atoms with Gasteiger partial charge >= 0.3 is 0 Å². The zero-order valence-electron chi connectivity index (χ0n) is 12.0. The van der Waals surface area contributed by atoms with Crippen LogP contribution in [0, 0.1) is 0 Å². The first-order valence-electron chi connectivity index (χ1n) is 7.12. The largest absolute Gasteiger partial charge is 0.315 e. The Morgan fingerprint density at radius 1 is 1.22 bits per heavy atom. The molecule has 0 saturated heterocycles. The van der Waals surface area contributed by atoms with Crippen molar-refractivity contribution in [2.45, 2.75) is 64.5 Å². The lowest BCUT2D eigenvalue weighted by molar-refractivity contribution is 0.372. The summed E-state index contributed by atoms with van der Waals surface area (Å²) in [6.07, 6.45) is 6.08. The Balaban J connectivity index is 2.26.